The molecule has 34 heavy (non-hydrogen) atoms. The summed E-state index contributed by atoms with van der Waals surface area (Å²) >= 11 is 0. The highest BCUT2D eigenvalue weighted by atomic mass is 16.4. The number of fused-ring (bicyclic) bond motifs is 2. The Morgan fingerprint density at radius 3 is 2.18 bits per heavy atom. The monoisotopic (exact) mass is 461 g/mol. The first-order valence-corrected chi connectivity index (χ1v) is 12.2. The number of nitrogens with one attached hydrogen (secondary N) is 1. The Bertz CT molecular complexity index is 1050. The van der Waals surface area contributed by atoms with E-state index in [2.05, 4.69) is 5.32 Å². The van der Waals surface area contributed by atoms with Crippen LogP contribution >= 0.6 is 0 Å². The summed E-state index contributed by atoms with van der Waals surface area (Å²) < 4.78 is 0. The number of piperazine rings is 1. The van der Waals surface area contributed by atoms with Crippen molar-refractivity contribution in [3.8, 4) is 0 Å². The summed E-state index contributed by atoms with van der Waals surface area (Å²) in [5.41, 5.74) is 0.948. The summed E-state index contributed by atoms with van der Waals surface area (Å²) in [7, 11) is 0. The van der Waals surface area contributed by atoms with Crippen LogP contribution in [0.3, 0.4) is 0 Å². The SMILES string of the molecule is O=C(O)[C@@H]1[C@H]2CCC(CN1C(=O)C1(c3ccccc3)CCCCC1)N2C(=O)Nc1ccccc1. The highest BCUT2D eigenvalue weighted by Crippen LogP contribution is 2.44. The second-order valence-electron chi connectivity index (χ2n) is 9.75. The average molecular weight is 462 g/mol. The molecule has 2 aliphatic heterocycles. The van der Waals surface area contributed by atoms with Gasteiger partial charge in [0, 0.05) is 12.2 Å². The summed E-state index contributed by atoms with van der Waals surface area (Å²) in [4.78, 5) is 43.2. The van der Waals surface area contributed by atoms with Crippen molar-refractivity contribution < 1.29 is 19.5 Å². The van der Waals surface area contributed by atoms with E-state index in [-0.39, 0.29) is 24.5 Å². The molecule has 2 bridgehead atoms. The fraction of sp³-hybridized carbons (Fsp3) is 0.444. The minimum absolute atomic E-state index is 0.0918. The van der Waals surface area contributed by atoms with Crippen LogP contribution in [0.1, 0.15) is 50.5 Å². The van der Waals surface area contributed by atoms with Crippen LogP contribution in [0.4, 0.5) is 10.5 Å². The maximum absolute atomic E-state index is 14.2. The molecule has 2 aromatic carbocycles. The smallest absolute Gasteiger partial charge is 0.328 e. The fourth-order valence-electron chi connectivity index (χ4n) is 6.30. The summed E-state index contributed by atoms with van der Waals surface area (Å²) in [6.45, 7) is 0.253. The molecule has 3 atom stereocenters. The van der Waals surface area contributed by atoms with Crippen LogP contribution in [-0.2, 0) is 15.0 Å². The van der Waals surface area contributed by atoms with Gasteiger partial charge in [-0.3, -0.25) is 4.79 Å². The first kappa shape index (κ1) is 22.4. The van der Waals surface area contributed by atoms with Crippen molar-refractivity contribution in [1.82, 2.24) is 9.80 Å². The zero-order chi connectivity index (χ0) is 23.7. The zero-order valence-electron chi connectivity index (χ0n) is 19.2. The number of hydrogen-bond acceptors (Lipinski definition) is 3. The highest BCUT2D eigenvalue weighted by molar-refractivity contribution is 5.94. The predicted octanol–water partition coefficient (Wildman–Crippen LogP) is 4.25. The zero-order valence-corrected chi connectivity index (χ0v) is 19.2. The van der Waals surface area contributed by atoms with E-state index in [1.165, 1.54) is 0 Å². The van der Waals surface area contributed by atoms with Gasteiger partial charge in [-0.1, -0.05) is 67.8 Å². The van der Waals surface area contributed by atoms with E-state index in [1.54, 1.807) is 21.9 Å². The van der Waals surface area contributed by atoms with E-state index in [9.17, 15) is 19.5 Å². The Labute approximate surface area is 199 Å². The van der Waals surface area contributed by atoms with Crippen LogP contribution in [0, 0.1) is 0 Å². The van der Waals surface area contributed by atoms with Gasteiger partial charge in [0.05, 0.1) is 17.5 Å². The fourth-order valence-corrected chi connectivity index (χ4v) is 6.30. The number of nitrogens with zero attached hydrogens (tertiary/aromatic N) is 2. The molecule has 2 aromatic rings. The molecule has 0 spiro atoms. The molecule has 2 heterocycles. The van der Waals surface area contributed by atoms with Gasteiger partial charge in [-0.25, -0.2) is 9.59 Å². The van der Waals surface area contributed by atoms with Gasteiger partial charge in [-0.2, -0.15) is 0 Å². The number of aliphatic carboxylic acids is 1. The quantitative estimate of drug-likeness (QED) is 0.712. The number of carbonyl (C=O) groups excluding carboxylic acids is 2. The summed E-state index contributed by atoms with van der Waals surface area (Å²) in [5, 5.41) is 13.2. The van der Waals surface area contributed by atoms with Gasteiger partial charge in [0.15, 0.2) is 0 Å². The number of carbonyl (C=O) groups is 3. The summed E-state index contributed by atoms with van der Waals surface area (Å²) in [6, 6.07) is 16.9. The molecule has 0 radical (unpaired) electrons. The third-order valence-electron chi connectivity index (χ3n) is 7.87. The molecule has 1 saturated carbocycles. The van der Waals surface area contributed by atoms with Crippen molar-refractivity contribution in [2.24, 2.45) is 0 Å². The lowest BCUT2D eigenvalue weighted by atomic mass is 9.68. The Hall–Kier alpha value is -3.35. The third-order valence-corrected chi connectivity index (χ3v) is 7.87. The molecule has 178 valence electrons. The lowest BCUT2D eigenvalue weighted by Crippen LogP contribution is -2.67. The van der Waals surface area contributed by atoms with Gasteiger partial charge in [-0.05, 0) is 43.4 Å². The Balaban J connectivity index is 1.45. The molecule has 3 amide bonds. The molecule has 7 nitrogen and oxygen atoms in total. The molecule has 1 unspecified atom stereocenters. The first-order chi connectivity index (χ1) is 16.5. The maximum Gasteiger partial charge on any atom is 0.328 e. The van der Waals surface area contributed by atoms with Gasteiger partial charge in [0.25, 0.3) is 0 Å². The lowest BCUT2D eigenvalue weighted by molar-refractivity contribution is -0.159. The van der Waals surface area contributed by atoms with Crippen molar-refractivity contribution in [1.29, 1.82) is 0 Å². The molecule has 3 fully saturated rings. The van der Waals surface area contributed by atoms with Crippen LogP contribution in [-0.4, -0.2) is 57.5 Å². The molecule has 5 rings (SSSR count). The Morgan fingerprint density at radius 2 is 1.53 bits per heavy atom. The van der Waals surface area contributed by atoms with Gasteiger partial charge in [0.1, 0.15) is 6.04 Å². The number of hydrogen-bond donors (Lipinski definition) is 2. The van der Waals surface area contributed by atoms with Crippen LogP contribution in [0.25, 0.3) is 0 Å². The van der Waals surface area contributed by atoms with Crippen LogP contribution in [0.5, 0.6) is 0 Å². The molecule has 2 saturated heterocycles. The normalized spacial score (nSPS) is 25.6. The van der Waals surface area contributed by atoms with Gasteiger partial charge < -0.3 is 20.2 Å². The Kier molecular flexibility index (Phi) is 6.02. The molecular weight excluding hydrogens is 430 g/mol. The van der Waals surface area contributed by atoms with Crippen molar-refractivity contribution in [3.63, 3.8) is 0 Å². The maximum atomic E-state index is 14.2. The number of carboxylic acids is 1. The number of benzene rings is 2. The van der Waals surface area contributed by atoms with Crippen molar-refractivity contribution in [2.75, 3.05) is 11.9 Å². The van der Waals surface area contributed by atoms with E-state index < -0.39 is 23.5 Å². The molecule has 7 heteroatoms. The molecule has 1 aliphatic carbocycles. The first-order valence-electron chi connectivity index (χ1n) is 12.2. The van der Waals surface area contributed by atoms with Gasteiger partial charge in [0.2, 0.25) is 5.91 Å². The topological polar surface area (TPSA) is 90.0 Å². The number of likely N-dealkylation sites (tertiary alicyclic amines) is 1. The standard InChI is InChI=1S/C27H31N3O4/c31-24(32)23-22-15-14-21(30(22)26(34)28-20-12-6-2-7-13-20)18-29(23)25(33)27(16-8-3-9-17-27)19-10-4-1-5-11-19/h1-2,4-7,10-13,21-23H,3,8-9,14-18H2,(H,28,34)(H,31,32)/t21?,22-,23+/m1/s1. The van der Waals surface area contributed by atoms with Crippen molar-refractivity contribution >= 4 is 23.6 Å². The average Bonchev–Trinajstić information content (AvgIpc) is 3.18. The second-order valence-corrected chi connectivity index (χ2v) is 9.75. The van der Waals surface area contributed by atoms with Crippen molar-refractivity contribution in [3.05, 3.63) is 66.2 Å². The van der Waals surface area contributed by atoms with Crippen LogP contribution in [0.15, 0.2) is 60.7 Å². The molecule has 0 aromatic heterocycles. The number of urea groups is 1. The predicted molar refractivity (Wildman–Crippen MR) is 128 cm³/mol. The number of amides is 3. The highest BCUT2D eigenvalue weighted by Gasteiger charge is 2.56. The number of rotatable bonds is 4. The largest absolute Gasteiger partial charge is 0.480 e. The number of para-hydroxylation sites is 1. The van der Waals surface area contributed by atoms with E-state index in [1.807, 2.05) is 48.5 Å². The van der Waals surface area contributed by atoms with E-state index >= 15 is 0 Å². The minimum Gasteiger partial charge on any atom is -0.480 e. The lowest BCUT2D eigenvalue weighted by Gasteiger charge is -2.49. The summed E-state index contributed by atoms with van der Waals surface area (Å²) in [5.74, 6) is -1.14. The molecule has 2 N–H and O–H groups in total. The number of anilines is 1. The molecular formula is C27H31N3O4. The van der Waals surface area contributed by atoms with E-state index in [0.29, 0.717) is 18.5 Å². The van der Waals surface area contributed by atoms with Crippen molar-refractivity contribution in [2.45, 2.75) is 68.5 Å². The summed E-state index contributed by atoms with van der Waals surface area (Å²) in [6.07, 6.45) is 5.71. The van der Waals surface area contributed by atoms with E-state index in [0.717, 1.165) is 37.7 Å². The third kappa shape index (κ3) is 3.83. The number of carboxylic acid groups (broad SMARTS) is 1. The minimum atomic E-state index is -1.05. The molecule has 3 aliphatic rings. The Morgan fingerprint density at radius 1 is 0.882 bits per heavy atom. The van der Waals surface area contributed by atoms with Crippen LogP contribution < -0.4 is 5.32 Å². The second kappa shape index (κ2) is 9.12. The van der Waals surface area contributed by atoms with E-state index in [4.69, 9.17) is 0 Å². The van der Waals surface area contributed by atoms with Gasteiger partial charge >= 0.3 is 12.0 Å². The van der Waals surface area contributed by atoms with Crippen LogP contribution in [0.2, 0.25) is 0 Å². The van der Waals surface area contributed by atoms with Gasteiger partial charge in [-0.15, -0.1) is 0 Å².